The van der Waals surface area contributed by atoms with Gasteiger partial charge < -0.3 is 19.9 Å². The molecular formula is C21H40IN5O2. The number of likely N-dealkylation sites (tertiary alicyclic amines) is 1. The third kappa shape index (κ3) is 5.18. The Hall–Kier alpha value is -0.610. The molecule has 2 aliphatic heterocycles. The molecule has 0 radical (unpaired) electrons. The lowest BCUT2D eigenvalue weighted by atomic mass is 9.56. The van der Waals surface area contributed by atoms with Crippen molar-refractivity contribution in [2.75, 3.05) is 59.5 Å². The van der Waals surface area contributed by atoms with Gasteiger partial charge in [0.25, 0.3) is 0 Å². The third-order valence-corrected chi connectivity index (χ3v) is 7.38. The molecule has 1 amide bonds. The molecule has 0 aromatic heterocycles. The van der Waals surface area contributed by atoms with Crippen LogP contribution >= 0.6 is 24.0 Å². The van der Waals surface area contributed by atoms with E-state index in [1.54, 1.807) is 0 Å². The van der Waals surface area contributed by atoms with Gasteiger partial charge in [0.15, 0.2) is 5.96 Å². The molecule has 1 N–H and O–H groups in total. The highest BCUT2D eigenvalue weighted by Crippen LogP contribution is 2.51. The summed E-state index contributed by atoms with van der Waals surface area (Å²) >= 11 is 0. The summed E-state index contributed by atoms with van der Waals surface area (Å²) in [5.74, 6) is 1.30. The number of nitrogens with zero attached hydrogens (tertiary/aromatic N) is 4. The molecular weight excluding hydrogens is 481 g/mol. The van der Waals surface area contributed by atoms with Gasteiger partial charge in [-0.05, 0) is 33.1 Å². The number of ether oxygens (including phenoxy) is 1. The Morgan fingerprint density at radius 3 is 2.21 bits per heavy atom. The molecule has 0 spiro atoms. The lowest BCUT2D eigenvalue weighted by Gasteiger charge is -2.59. The molecule has 3 aliphatic rings. The van der Waals surface area contributed by atoms with E-state index in [1.165, 1.54) is 0 Å². The molecule has 29 heavy (non-hydrogen) atoms. The number of guanidine groups is 1. The van der Waals surface area contributed by atoms with Crippen LogP contribution in [0.15, 0.2) is 4.99 Å². The van der Waals surface area contributed by atoms with E-state index in [9.17, 15) is 4.79 Å². The Bertz CT molecular complexity index is 586. The van der Waals surface area contributed by atoms with E-state index in [0.717, 1.165) is 71.0 Å². The molecule has 168 valence electrons. The zero-order valence-corrected chi connectivity index (χ0v) is 21.2. The number of hydrogen-bond acceptors (Lipinski definition) is 4. The monoisotopic (exact) mass is 521 g/mol. The quantitative estimate of drug-likeness (QED) is 0.341. The van der Waals surface area contributed by atoms with Crippen LogP contribution in [0.3, 0.4) is 0 Å². The topological polar surface area (TPSA) is 60.4 Å². The van der Waals surface area contributed by atoms with Crippen molar-refractivity contribution in [2.24, 2.45) is 10.4 Å². The summed E-state index contributed by atoms with van der Waals surface area (Å²) in [5.41, 5.74) is -0.0309. The Labute approximate surface area is 193 Å². The highest BCUT2D eigenvalue weighted by atomic mass is 127. The van der Waals surface area contributed by atoms with E-state index in [4.69, 9.17) is 9.73 Å². The fourth-order valence-electron chi connectivity index (χ4n) is 4.64. The van der Waals surface area contributed by atoms with E-state index in [0.29, 0.717) is 18.5 Å². The molecule has 0 bridgehead atoms. The second-order valence-corrected chi connectivity index (χ2v) is 9.21. The van der Waals surface area contributed by atoms with Crippen LogP contribution in [0.25, 0.3) is 0 Å². The summed E-state index contributed by atoms with van der Waals surface area (Å²) in [5, 5.41) is 3.71. The molecule has 8 heteroatoms. The van der Waals surface area contributed by atoms with E-state index in [-0.39, 0.29) is 35.0 Å². The molecule has 2 unspecified atom stereocenters. The minimum Gasteiger partial charge on any atom is -0.378 e. The number of hydrogen-bond donors (Lipinski definition) is 1. The van der Waals surface area contributed by atoms with Crippen LogP contribution in [-0.4, -0.2) is 97.7 Å². The van der Waals surface area contributed by atoms with Crippen LogP contribution in [0.2, 0.25) is 0 Å². The Kier molecular flexibility index (Phi) is 8.61. The van der Waals surface area contributed by atoms with Crippen LogP contribution in [-0.2, 0) is 9.53 Å². The Balaban J connectivity index is 0.00000300. The number of carbonyl (C=O) groups excluding carboxylic acids is 1. The van der Waals surface area contributed by atoms with Gasteiger partial charge in [-0.25, -0.2) is 0 Å². The number of halogens is 1. The molecule has 3 rings (SSSR count). The lowest BCUT2D eigenvalue weighted by molar-refractivity contribution is -0.177. The van der Waals surface area contributed by atoms with E-state index < -0.39 is 0 Å². The second-order valence-electron chi connectivity index (χ2n) is 9.21. The average Bonchev–Trinajstić information content (AvgIpc) is 3.22. The van der Waals surface area contributed by atoms with E-state index >= 15 is 0 Å². The minimum atomic E-state index is -0.0867. The van der Waals surface area contributed by atoms with Crippen molar-refractivity contribution in [1.29, 1.82) is 0 Å². The van der Waals surface area contributed by atoms with Crippen LogP contribution in [0, 0.1) is 5.41 Å². The average molecular weight is 521 g/mol. The summed E-state index contributed by atoms with van der Waals surface area (Å²) < 4.78 is 5.76. The van der Waals surface area contributed by atoms with Gasteiger partial charge in [-0.2, -0.15) is 0 Å². The van der Waals surface area contributed by atoms with Gasteiger partial charge in [0, 0.05) is 64.4 Å². The molecule has 3 fully saturated rings. The Morgan fingerprint density at radius 1 is 1.07 bits per heavy atom. The van der Waals surface area contributed by atoms with Gasteiger partial charge in [0.2, 0.25) is 5.91 Å². The molecule has 1 saturated carbocycles. The summed E-state index contributed by atoms with van der Waals surface area (Å²) in [7, 11) is 1.81. The molecule has 0 aromatic rings. The highest BCUT2D eigenvalue weighted by Gasteiger charge is 2.58. The lowest BCUT2D eigenvalue weighted by Crippen LogP contribution is -2.70. The number of amides is 1. The van der Waals surface area contributed by atoms with Crippen LogP contribution in [0.5, 0.6) is 0 Å². The molecule has 1 aliphatic carbocycles. The van der Waals surface area contributed by atoms with Crippen LogP contribution in [0.4, 0.5) is 0 Å². The van der Waals surface area contributed by atoms with Crippen molar-refractivity contribution in [3.63, 3.8) is 0 Å². The molecule has 7 nitrogen and oxygen atoms in total. The van der Waals surface area contributed by atoms with Gasteiger partial charge >= 0.3 is 0 Å². The zero-order chi connectivity index (χ0) is 20.4. The highest BCUT2D eigenvalue weighted by molar-refractivity contribution is 14.0. The molecule has 2 atom stereocenters. The standard InChI is InChI=1S/C21H39N5O2.HI/c1-6-22-19(23-17-15-21(4,28-5)20(17,2)3)26-13-11-24(12-14-26)16-18(27)25-9-7-8-10-25;/h17H,6-16H2,1-5H3,(H,22,23);1H. The largest absolute Gasteiger partial charge is 0.378 e. The van der Waals surface area contributed by atoms with Crippen molar-refractivity contribution in [2.45, 2.75) is 58.6 Å². The Morgan fingerprint density at radius 2 is 1.69 bits per heavy atom. The first-order valence-corrected chi connectivity index (χ1v) is 10.9. The summed E-state index contributed by atoms with van der Waals surface area (Å²) in [6, 6.07) is 0.359. The van der Waals surface area contributed by atoms with Crippen molar-refractivity contribution in [3.05, 3.63) is 0 Å². The number of aliphatic imine (C=N–C) groups is 1. The number of rotatable bonds is 5. The van der Waals surface area contributed by atoms with Crippen molar-refractivity contribution in [3.8, 4) is 0 Å². The van der Waals surface area contributed by atoms with Gasteiger partial charge in [0.1, 0.15) is 0 Å². The first-order chi connectivity index (χ1) is 13.3. The fraction of sp³-hybridized carbons (Fsp3) is 0.905. The number of methoxy groups -OCH3 is 1. The van der Waals surface area contributed by atoms with Crippen LogP contribution in [0.1, 0.15) is 47.0 Å². The maximum atomic E-state index is 12.4. The third-order valence-electron chi connectivity index (χ3n) is 7.38. The number of nitrogens with one attached hydrogen (secondary N) is 1. The van der Waals surface area contributed by atoms with E-state index in [1.807, 2.05) is 12.0 Å². The number of piperazine rings is 1. The number of carbonyl (C=O) groups is 1. The van der Waals surface area contributed by atoms with Gasteiger partial charge in [0.05, 0.1) is 12.1 Å². The molecule has 0 aromatic carbocycles. The van der Waals surface area contributed by atoms with Crippen molar-refractivity contribution in [1.82, 2.24) is 20.0 Å². The minimum absolute atomic E-state index is 0. The smallest absolute Gasteiger partial charge is 0.236 e. The van der Waals surface area contributed by atoms with E-state index in [2.05, 4.69) is 42.8 Å². The van der Waals surface area contributed by atoms with Gasteiger partial charge in [-0.15, -0.1) is 24.0 Å². The SMILES string of the molecule is CCN=C(NC1CC(C)(OC)C1(C)C)N1CCN(CC(=O)N2CCCC2)CC1.I. The summed E-state index contributed by atoms with van der Waals surface area (Å²) in [6.45, 7) is 15.7. The molecule has 2 saturated heterocycles. The first-order valence-electron chi connectivity index (χ1n) is 10.9. The maximum absolute atomic E-state index is 12.4. The van der Waals surface area contributed by atoms with Crippen LogP contribution < -0.4 is 5.32 Å². The first kappa shape index (κ1) is 24.7. The van der Waals surface area contributed by atoms with Crippen molar-refractivity contribution < 1.29 is 9.53 Å². The second kappa shape index (κ2) is 10.1. The predicted molar refractivity (Wildman–Crippen MR) is 128 cm³/mol. The summed E-state index contributed by atoms with van der Waals surface area (Å²) in [6.07, 6.45) is 3.30. The maximum Gasteiger partial charge on any atom is 0.236 e. The fourth-order valence-corrected chi connectivity index (χ4v) is 4.64. The molecule has 2 heterocycles. The predicted octanol–water partition coefficient (Wildman–Crippen LogP) is 2.01. The zero-order valence-electron chi connectivity index (χ0n) is 18.9. The van der Waals surface area contributed by atoms with Gasteiger partial charge in [-0.1, -0.05) is 13.8 Å². The van der Waals surface area contributed by atoms with Crippen molar-refractivity contribution >= 4 is 35.8 Å². The summed E-state index contributed by atoms with van der Waals surface area (Å²) in [4.78, 5) is 23.8. The van der Waals surface area contributed by atoms with Gasteiger partial charge in [-0.3, -0.25) is 14.7 Å². The normalized spacial score (nSPS) is 30.0.